The smallest absolute Gasteiger partial charge is 0.140 e. The van der Waals surface area contributed by atoms with Gasteiger partial charge in [-0.3, -0.25) is 4.79 Å². The highest BCUT2D eigenvalue weighted by Crippen LogP contribution is 2.54. The number of Topliss-reactive ketones (excluding diaryl/α,β-unsaturated/α-hetero) is 1. The molecule has 4 aliphatic carbocycles. The van der Waals surface area contributed by atoms with Crippen LogP contribution in [0.25, 0.3) is 0 Å². The Morgan fingerprint density at radius 3 is 2.83 bits per heavy atom. The molecule has 4 bridgehead atoms. The van der Waals surface area contributed by atoms with Gasteiger partial charge in [-0.05, 0) is 37.5 Å². The van der Waals surface area contributed by atoms with E-state index in [0.29, 0.717) is 21.5 Å². The molecule has 0 heterocycles. The molecule has 0 aliphatic heterocycles. The summed E-state index contributed by atoms with van der Waals surface area (Å²) >= 11 is 2.52. The van der Waals surface area contributed by atoms with E-state index in [1.165, 1.54) is 25.7 Å². The van der Waals surface area contributed by atoms with E-state index in [1.807, 2.05) is 0 Å². The summed E-state index contributed by atoms with van der Waals surface area (Å²) in [6.07, 6.45) is 5.10. The highest BCUT2D eigenvalue weighted by Gasteiger charge is 2.52. The minimum absolute atomic E-state index is 0.460. The Morgan fingerprint density at radius 1 is 1.17 bits per heavy atom. The zero-order valence-electron chi connectivity index (χ0n) is 7.00. The van der Waals surface area contributed by atoms with Gasteiger partial charge in [-0.15, -0.1) is 0 Å². The first-order chi connectivity index (χ1) is 5.75. The van der Waals surface area contributed by atoms with Crippen molar-refractivity contribution in [3.05, 3.63) is 0 Å². The van der Waals surface area contributed by atoms with Crippen LogP contribution in [0.3, 0.4) is 0 Å². The van der Waals surface area contributed by atoms with E-state index < -0.39 is 0 Å². The Bertz CT molecular complexity index is 238. The predicted octanol–water partition coefficient (Wildman–Crippen LogP) is 2.43. The van der Waals surface area contributed by atoms with Crippen LogP contribution in [0.15, 0.2) is 0 Å². The van der Waals surface area contributed by atoms with Crippen LogP contribution in [0.2, 0.25) is 0 Å². The minimum atomic E-state index is 0.460. The molecule has 0 aromatic carbocycles. The van der Waals surface area contributed by atoms with Gasteiger partial charge in [-0.1, -0.05) is 22.6 Å². The molecule has 4 saturated carbocycles. The molecule has 4 aliphatic rings. The number of ketones is 1. The van der Waals surface area contributed by atoms with Crippen molar-refractivity contribution in [2.24, 2.45) is 23.7 Å². The monoisotopic (exact) mass is 276 g/mol. The highest BCUT2D eigenvalue weighted by molar-refractivity contribution is 14.1. The van der Waals surface area contributed by atoms with Crippen LogP contribution in [0.5, 0.6) is 0 Å². The second-order valence-electron chi connectivity index (χ2n) is 4.72. The Kier molecular flexibility index (Phi) is 1.59. The fourth-order valence-electron chi connectivity index (χ4n) is 3.56. The van der Waals surface area contributed by atoms with E-state index in [4.69, 9.17) is 0 Å². The molecule has 0 aromatic heterocycles. The summed E-state index contributed by atoms with van der Waals surface area (Å²) in [5, 5.41) is 0. The average molecular weight is 276 g/mol. The number of alkyl halides is 1. The standard InChI is InChI=1S/C10H13IO/c11-9-6-1-5-2-7(4-6)10(12)8(9)3-5/h5-9H,1-4H2/t5?,6?,7?,8?,9-/m1/s1. The lowest BCUT2D eigenvalue weighted by Gasteiger charge is -2.51. The SMILES string of the molecule is O=C1C2CC3CC(C2)[C@@H](I)C1C3. The summed E-state index contributed by atoms with van der Waals surface area (Å²) in [4.78, 5) is 11.8. The molecule has 0 N–H and O–H groups in total. The lowest BCUT2D eigenvalue weighted by molar-refractivity contribution is -0.138. The summed E-state index contributed by atoms with van der Waals surface area (Å²) in [7, 11) is 0. The lowest BCUT2D eigenvalue weighted by atomic mass is 9.56. The molecule has 12 heavy (non-hydrogen) atoms. The first-order valence-electron chi connectivity index (χ1n) is 4.93. The molecule has 0 amide bonds. The Hall–Kier alpha value is 0.400. The van der Waals surface area contributed by atoms with Crippen molar-refractivity contribution in [1.82, 2.24) is 0 Å². The molecule has 4 fully saturated rings. The second kappa shape index (κ2) is 2.46. The van der Waals surface area contributed by atoms with Crippen molar-refractivity contribution in [3.8, 4) is 0 Å². The van der Waals surface area contributed by atoms with Crippen LogP contribution < -0.4 is 0 Å². The van der Waals surface area contributed by atoms with Crippen molar-refractivity contribution in [1.29, 1.82) is 0 Å². The number of hydrogen-bond acceptors (Lipinski definition) is 1. The molecule has 5 atom stereocenters. The molecule has 0 saturated heterocycles. The first kappa shape index (κ1) is 7.77. The van der Waals surface area contributed by atoms with Crippen molar-refractivity contribution in [2.45, 2.75) is 29.6 Å². The fourth-order valence-corrected chi connectivity index (χ4v) is 4.80. The third-order valence-corrected chi connectivity index (χ3v) is 5.92. The molecule has 4 unspecified atom stereocenters. The summed E-state index contributed by atoms with van der Waals surface area (Å²) in [5.74, 6) is 3.37. The van der Waals surface area contributed by atoms with Crippen LogP contribution >= 0.6 is 22.6 Å². The first-order valence-corrected chi connectivity index (χ1v) is 6.18. The van der Waals surface area contributed by atoms with Crippen molar-refractivity contribution in [2.75, 3.05) is 0 Å². The van der Waals surface area contributed by atoms with Crippen LogP contribution in [0.4, 0.5) is 0 Å². The largest absolute Gasteiger partial charge is 0.299 e. The van der Waals surface area contributed by atoms with Crippen LogP contribution in [-0.2, 0) is 4.79 Å². The maximum atomic E-state index is 11.8. The third kappa shape index (κ3) is 0.875. The van der Waals surface area contributed by atoms with Gasteiger partial charge in [-0.25, -0.2) is 0 Å². The Morgan fingerprint density at radius 2 is 2.00 bits per heavy atom. The molecular formula is C10H13IO. The number of halogens is 1. The van der Waals surface area contributed by atoms with Crippen molar-refractivity contribution < 1.29 is 4.79 Å². The minimum Gasteiger partial charge on any atom is -0.299 e. The fraction of sp³-hybridized carbons (Fsp3) is 0.900. The van der Waals surface area contributed by atoms with Crippen molar-refractivity contribution >= 4 is 28.4 Å². The Labute approximate surface area is 86.4 Å². The summed E-state index contributed by atoms with van der Waals surface area (Å²) in [5.41, 5.74) is 0. The normalized spacial score (nSPS) is 56.4. The zero-order chi connectivity index (χ0) is 8.29. The van der Waals surface area contributed by atoms with Gasteiger partial charge in [0, 0.05) is 15.8 Å². The van der Waals surface area contributed by atoms with E-state index in [9.17, 15) is 4.79 Å². The summed E-state index contributed by atoms with van der Waals surface area (Å²) < 4.78 is 0.683. The molecule has 4 rings (SSSR count). The number of hydrogen-bond donors (Lipinski definition) is 0. The molecule has 1 nitrogen and oxygen atoms in total. The maximum Gasteiger partial charge on any atom is 0.140 e. The van der Waals surface area contributed by atoms with E-state index >= 15 is 0 Å². The number of carbonyl (C=O) groups excluding carboxylic acids is 1. The van der Waals surface area contributed by atoms with Gasteiger partial charge < -0.3 is 0 Å². The van der Waals surface area contributed by atoms with Gasteiger partial charge in [0.1, 0.15) is 5.78 Å². The van der Waals surface area contributed by atoms with Crippen LogP contribution in [0, 0.1) is 23.7 Å². The lowest BCUT2D eigenvalue weighted by Crippen LogP contribution is -2.51. The van der Waals surface area contributed by atoms with Gasteiger partial charge in [0.15, 0.2) is 0 Å². The third-order valence-electron chi connectivity index (χ3n) is 4.03. The quantitative estimate of drug-likeness (QED) is 0.490. The summed E-state index contributed by atoms with van der Waals surface area (Å²) in [6, 6.07) is 0. The number of rotatable bonds is 0. The molecule has 0 radical (unpaired) electrons. The zero-order valence-corrected chi connectivity index (χ0v) is 9.16. The molecule has 0 aromatic rings. The van der Waals surface area contributed by atoms with Gasteiger partial charge in [0.05, 0.1) is 0 Å². The maximum absolute atomic E-state index is 11.8. The molecule has 66 valence electrons. The average Bonchev–Trinajstić information content (AvgIpc) is 2.07. The van der Waals surface area contributed by atoms with Crippen LogP contribution in [-0.4, -0.2) is 9.71 Å². The number of carbonyl (C=O) groups is 1. The van der Waals surface area contributed by atoms with E-state index in [0.717, 1.165) is 11.8 Å². The highest BCUT2D eigenvalue weighted by atomic mass is 127. The van der Waals surface area contributed by atoms with Crippen molar-refractivity contribution in [3.63, 3.8) is 0 Å². The van der Waals surface area contributed by atoms with E-state index in [-0.39, 0.29) is 0 Å². The van der Waals surface area contributed by atoms with Crippen LogP contribution in [0.1, 0.15) is 25.7 Å². The van der Waals surface area contributed by atoms with Gasteiger partial charge in [0.2, 0.25) is 0 Å². The van der Waals surface area contributed by atoms with Gasteiger partial charge in [0.25, 0.3) is 0 Å². The molecular weight excluding hydrogens is 263 g/mol. The van der Waals surface area contributed by atoms with E-state index in [1.54, 1.807) is 0 Å². The van der Waals surface area contributed by atoms with Gasteiger partial charge >= 0.3 is 0 Å². The summed E-state index contributed by atoms with van der Waals surface area (Å²) in [6.45, 7) is 0. The van der Waals surface area contributed by atoms with Gasteiger partial charge in [-0.2, -0.15) is 0 Å². The second-order valence-corrected chi connectivity index (χ2v) is 6.16. The Balaban J connectivity index is 1.98. The molecule has 0 spiro atoms. The van der Waals surface area contributed by atoms with E-state index in [2.05, 4.69) is 22.6 Å². The molecule has 2 heteroatoms. The predicted molar refractivity (Wildman–Crippen MR) is 55.2 cm³/mol. The topological polar surface area (TPSA) is 17.1 Å².